The Bertz CT molecular complexity index is 1230. The molecule has 30 heavy (non-hydrogen) atoms. The van der Waals surface area contributed by atoms with Gasteiger partial charge in [-0.15, -0.1) is 0 Å². The minimum atomic E-state index is -0.746. The lowest BCUT2D eigenvalue weighted by atomic mass is 9.98. The number of pyridine rings is 1. The number of fused-ring (bicyclic) bond motifs is 1. The fourth-order valence-corrected chi connectivity index (χ4v) is 3.94. The molecule has 0 N–H and O–H groups in total. The van der Waals surface area contributed by atoms with Crippen molar-refractivity contribution in [2.75, 3.05) is 14.2 Å². The highest BCUT2D eigenvalue weighted by Crippen LogP contribution is 2.38. The van der Waals surface area contributed by atoms with Crippen molar-refractivity contribution >= 4 is 22.5 Å². The number of halogens is 3. The van der Waals surface area contributed by atoms with Crippen LogP contribution >= 0.6 is 11.6 Å². The van der Waals surface area contributed by atoms with Crippen LogP contribution in [0.2, 0.25) is 5.02 Å². The summed E-state index contributed by atoms with van der Waals surface area (Å²) in [5, 5.41) is 1.41. The van der Waals surface area contributed by atoms with Crippen LogP contribution < -0.4 is 9.47 Å². The first-order valence-corrected chi connectivity index (χ1v) is 9.58. The van der Waals surface area contributed by atoms with Gasteiger partial charge in [0.15, 0.2) is 17.4 Å². The highest BCUT2D eigenvalue weighted by atomic mass is 35.5. The molecule has 0 aliphatic carbocycles. The maximum absolute atomic E-state index is 14.0. The van der Waals surface area contributed by atoms with Crippen LogP contribution in [0.3, 0.4) is 0 Å². The molecule has 152 valence electrons. The minimum absolute atomic E-state index is 0.392. The Hall–Kier alpha value is -3.18. The van der Waals surface area contributed by atoms with E-state index in [1.807, 2.05) is 37.3 Å². The fraction of sp³-hybridized carbons (Fsp3) is 0.125. The Balaban J connectivity index is 1.77. The molecule has 1 heterocycles. The van der Waals surface area contributed by atoms with Crippen LogP contribution in [0.15, 0.2) is 54.6 Å². The third kappa shape index (κ3) is 3.46. The molecule has 0 spiro atoms. The molecule has 0 saturated heterocycles. The third-order valence-corrected chi connectivity index (χ3v) is 5.41. The monoisotopic (exact) mass is 425 g/mol. The average Bonchev–Trinajstić information content (AvgIpc) is 2.73. The summed E-state index contributed by atoms with van der Waals surface area (Å²) >= 11 is 6.71. The Morgan fingerprint density at radius 2 is 1.43 bits per heavy atom. The lowest BCUT2D eigenvalue weighted by Gasteiger charge is -2.13. The molecule has 6 heteroatoms. The highest BCUT2D eigenvalue weighted by Gasteiger charge is 2.15. The number of benzene rings is 3. The van der Waals surface area contributed by atoms with E-state index in [0.29, 0.717) is 21.9 Å². The molecule has 0 radical (unpaired) electrons. The van der Waals surface area contributed by atoms with Gasteiger partial charge in [0.2, 0.25) is 0 Å². The van der Waals surface area contributed by atoms with Crippen molar-refractivity contribution in [2.24, 2.45) is 0 Å². The standard InChI is InChI=1S/C24H18ClF2NO2/c1-13-22(23(25)18-9-8-17(29-2)12-21(18)28-13)15-6-4-14(5-7-15)16-10-19(26)24(30-3)20(27)11-16/h4-12H,1-3H3. The van der Waals surface area contributed by atoms with Crippen LogP contribution in [0.1, 0.15) is 5.69 Å². The van der Waals surface area contributed by atoms with Gasteiger partial charge < -0.3 is 9.47 Å². The van der Waals surface area contributed by atoms with E-state index >= 15 is 0 Å². The maximum Gasteiger partial charge on any atom is 0.190 e. The molecule has 0 saturated carbocycles. The number of ether oxygens (including phenoxy) is 2. The van der Waals surface area contributed by atoms with Gasteiger partial charge in [0, 0.05) is 22.7 Å². The second kappa shape index (κ2) is 7.92. The Morgan fingerprint density at radius 1 is 0.800 bits per heavy atom. The summed E-state index contributed by atoms with van der Waals surface area (Å²) in [6, 6.07) is 15.4. The van der Waals surface area contributed by atoms with Gasteiger partial charge in [-0.25, -0.2) is 8.78 Å². The van der Waals surface area contributed by atoms with Gasteiger partial charge in [-0.3, -0.25) is 4.98 Å². The van der Waals surface area contributed by atoms with Gasteiger partial charge in [0.25, 0.3) is 0 Å². The number of rotatable bonds is 4. The van der Waals surface area contributed by atoms with E-state index in [2.05, 4.69) is 4.98 Å². The Morgan fingerprint density at radius 3 is 2.03 bits per heavy atom. The lowest BCUT2D eigenvalue weighted by molar-refractivity contribution is 0.360. The summed E-state index contributed by atoms with van der Waals surface area (Å²) in [6.45, 7) is 1.89. The van der Waals surface area contributed by atoms with Crippen LogP contribution in [-0.4, -0.2) is 19.2 Å². The van der Waals surface area contributed by atoms with Crippen molar-refractivity contribution in [3.63, 3.8) is 0 Å². The zero-order valence-corrected chi connectivity index (χ0v) is 17.3. The number of hydrogen-bond acceptors (Lipinski definition) is 3. The molecule has 3 aromatic carbocycles. The van der Waals surface area contributed by atoms with Crippen molar-refractivity contribution in [1.29, 1.82) is 0 Å². The number of aromatic nitrogens is 1. The van der Waals surface area contributed by atoms with Gasteiger partial charge in [0.1, 0.15) is 5.75 Å². The van der Waals surface area contributed by atoms with Crippen LogP contribution in [0.25, 0.3) is 33.2 Å². The van der Waals surface area contributed by atoms with E-state index < -0.39 is 17.4 Å². The van der Waals surface area contributed by atoms with E-state index in [-0.39, 0.29) is 0 Å². The highest BCUT2D eigenvalue weighted by molar-refractivity contribution is 6.38. The van der Waals surface area contributed by atoms with Crippen LogP contribution in [0, 0.1) is 18.6 Å². The van der Waals surface area contributed by atoms with Crippen molar-refractivity contribution < 1.29 is 18.3 Å². The molecule has 0 amide bonds. The predicted molar refractivity (Wildman–Crippen MR) is 115 cm³/mol. The van der Waals surface area contributed by atoms with E-state index in [1.54, 1.807) is 19.2 Å². The quantitative estimate of drug-likeness (QED) is 0.359. The number of hydrogen-bond donors (Lipinski definition) is 0. The van der Waals surface area contributed by atoms with Crippen molar-refractivity contribution in [1.82, 2.24) is 4.98 Å². The fourth-order valence-electron chi connectivity index (χ4n) is 3.53. The van der Waals surface area contributed by atoms with Crippen LogP contribution in [0.4, 0.5) is 8.78 Å². The van der Waals surface area contributed by atoms with E-state index in [4.69, 9.17) is 21.1 Å². The second-order valence-corrected chi connectivity index (χ2v) is 7.20. The van der Waals surface area contributed by atoms with Gasteiger partial charge in [-0.2, -0.15) is 0 Å². The van der Waals surface area contributed by atoms with E-state index in [0.717, 1.165) is 27.7 Å². The molecule has 0 aliphatic heterocycles. The number of methoxy groups -OCH3 is 2. The normalized spacial score (nSPS) is 11.0. The predicted octanol–water partition coefficient (Wildman–Crippen LogP) is 6.83. The molecule has 0 atom stereocenters. The molecule has 3 nitrogen and oxygen atoms in total. The zero-order valence-electron chi connectivity index (χ0n) is 16.6. The molecule has 0 unspecified atom stereocenters. The van der Waals surface area contributed by atoms with Crippen LogP contribution in [-0.2, 0) is 0 Å². The average molecular weight is 426 g/mol. The molecule has 4 aromatic rings. The molecule has 4 rings (SSSR count). The molecule has 1 aromatic heterocycles. The number of nitrogens with zero attached hydrogens (tertiary/aromatic N) is 1. The summed E-state index contributed by atoms with van der Waals surface area (Å²) in [6.07, 6.45) is 0. The van der Waals surface area contributed by atoms with E-state index in [9.17, 15) is 8.78 Å². The Kier molecular flexibility index (Phi) is 5.31. The van der Waals surface area contributed by atoms with Gasteiger partial charge in [-0.1, -0.05) is 35.9 Å². The third-order valence-electron chi connectivity index (χ3n) is 5.02. The first-order valence-electron chi connectivity index (χ1n) is 9.20. The summed E-state index contributed by atoms with van der Waals surface area (Å²) in [5.74, 6) is -1.17. The summed E-state index contributed by atoms with van der Waals surface area (Å²) in [7, 11) is 2.84. The maximum atomic E-state index is 14.0. The topological polar surface area (TPSA) is 31.4 Å². The summed E-state index contributed by atoms with van der Waals surface area (Å²) in [5.41, 5.74) is 4.29. The lowest BCUT2D eigenvalue weighted by Crippen LogP contribution is -1.94. The largest absolute Gasteiger partial charge is 0.497 e. The first kappa shape index (κ1) is 20.1. The van der Waals surface area contributed by atoms with Crippen LogP contribution in [0.5, 0.6) is 11.5 Å². The van der Waals surface area contributed by atoms with Gasteiger partial charge >= 0.3 is 0 Å². The van der Waals surface area contributed by atoms with Crippen molar-refractivity contribution in [3.8, 4) is 33.8 Å². The molecule has 0 fully saturated rings. The molecular weight excluding hydrogens is 408 g/mol. The van der Waals surface area contributed by atoms with Crippen molar-refractivity contribution in [2.45, 2.75) is 6.92 Å². The molecule has 0 aliphatic rings. The summed E-state index contributed by atoms with van der Waals surface area (Å²) in [4.78, 5) is 4.67. The minimum Gasteiger partial charge on any atom is -0.497 e. The molecular formula is C24H18ClF2NO2. The summed E-state index contributed by atoms with van der Waals surface area (Å²) < 4.78 is 38.1. The SMILES string of the molecule is COc1ccc2c(Cl)c(-c3ccc(-c4cc(F)c(OC)c(F)c4)cc3)c(C)nc2c1. The van der Waals surface area contributed by atoms with Gasteiger partial charge in [-0.05, 0) is 47.9 Å². The molecule has 0 bridgehead atoms. The zero-order chi connectivity index (χ0) is 21.4. The Labute approximate surface area is 177 Å². The van der Waals surface area contributed by atoms with Crippen molar-refractivity contribution in [3.05, 3.63) is 76.9 Å². The first-order chi connectivity index (χ1) is 14.4. The number of aryl methyl sites for hydroxylation is 1. The van der Waals surface area contributed by atoms with E-state index in [1.165, 1.54) is 19.2 Å². The van der Waals surface area contributed by atoms with Gasteiger partial charge in [0.05, 0.1) is 24.8 Å². The smallest absolute Gasteiger partial charge is 0.190 e. The second-order valence-electron chi connectivity index (χ2n) is 6.82.